The van der Waals surface area contributed by atoms with E-state index in [1.165, 1.54) is 18.2 Å². The molecule has 4 nitrogen and oxygen atoms in total. The molecule has 98 valence electrons. The maximum atomic E-state index is 13.2. The summed E-state index contributed by atoms with van der Waals surface area (Å²) >= 11 is 0. The van der Waals surface area contributed by atoms with Crippen LogP contribution in [-0.4, -0.2) is 9.78 Å². The van der Waals surface area contributed by atoms with Crippen LogP contribution in [0.3, 0.4) is 0 Å². The van der Waals surface area contributed by atoms with Crippen LogP contribution in [0.15, 0.2) is 24.4 Å². The second-order valence-corrected chi connectivity index (χ2v) is 4.28. The number of rotatable bonds is 4. The maximum absolute atomic E-state index is 13.2. The lowest BCUT2D eigenvalue weighted by molar-refractivity contribution is 0.625. The van der Waals surface area contributed by atoms with E-state index >= 15 is 0 Å². The normalized spacial score (nSPS) is 10.2. The zero-order valence-corrected chi connectivity index (χ0v) is 10.9. The van der Waals surface area contributed by atoms with Gasteiger partial charge in [-0.3, -0.25) is 4.68 Å². The van der Waals surface area contributed by atoms with Gasteiger partial charge in [-0.25, -0.2) is 4.39 Å². The highest BCUT2D eigenvalue weighted by molar-refractivity contribution is 5.48. The van der Waals surface area contributed by atoms with Crippen molar-refractivity contribution in [3.63, 3.8) is 0 Å². The molecule has 2 aromatic rings. The summed E-state index contributed by atoms with van der Waals surface area (Å²) in [6, 6.07) is 6.24. The van der Waals surface area contributed by atoms with Crippen LogP contribution < -0.4 is 5.32 Å². The Morgan fingerprint density at radius 1 is 1.47 bits per heavy atom. The number of halogens is 1. The van der Waals surface area contributed by atoms with E-state index in [-0.39, 0.29) is 5.82 Å². The quantitative estimate of drug-likeness (QED) is 0.917. The van der Waals surface area contributed by atoms with Crippen LogP contribution in [0.1, 0.15) is 23.7 Å². The summed E-state index contributed by atoms with van der Waals surface area (Å²) in [5.41, 5.74) is 3.00. The topological polar surface area (TPSA) is 53.6 Å². The molecular formula is C14H15FN4. The van der Waals surface area contributed by atoms with Crippen LogP contribution in [-0.2, 0) is 20.0 Å². The first kappa shape index (κ1) is 13.1. The summed E-state index contributed by atoms with van der Waals surface area (Å²) < 4.78 is 14.9. The highest BCUT2D eigenvalue weighted by Crippen LogP contribution is 2.17. The van der Waals surface area contributed by atoms with Crippen LogP contribution in [0.5, 0.6) is 0 Å². The fraction of sp³-hybridized carbons (Fsp3) is 0.286. The third-order valence-electron chi connectivity index (χ3n) is 2.90. The van der Waals surface area contributed by atoms with Crippen molar-refractivity contribution in [3.05, 3.63) is 47.0 Å². The zero-order valence-electron chi connectivity index (χ0n) is 10.9. The smallest absolute Gasteiger partial charge is 0.123 e. The van der Waals surface area contributed by atoms with Gasteiger partial charge in [0.1, 0.15) is 5.82 Å². The Kier molecular flexibility index (Phi) is 3.81. The Hall–Kier alpha value is -2.35. The van der Waals surface area contributed by atoms with E-state index in [2.05, 4.69) is 16.5 Å². The molecule has 0 spiro atoms. The molecule has 1 heterocycles. The van der Waals surface area contributed by atoms with Gasteiger partial charge in [-0.2, -0.15) is 10.4 Å². The molecule has 0 amide bonds. The summed E-state index contributed by atoms with van der Waals surface area (Å²) in [7, 11) is 1.85. The van der Waals surface area contributed by atoms with Crippen molar-refractivity contribution in [2.75, 3.05) is 5.32 Å². The first-order chi connectivity index (χ1) is 9.13. The van der Waals surface area contributed by atoms with Crippen LogP contribution in [0.4, 0.5) is 10.1 Å². The van der Waals surface area contributed by atoms with E-state index in [4.69, 9.17) is 5.26 Å². The van der Waals surface area contributed by atoms with Crippen LogP contribution >= 0.6 is 0 Å². The van der Waals surface area contributed by atoms with Crippen LogP contribution in [0, 0.1) is 17.1 Å². The van der Waals surface area contributed by atoms with Gasteiger partial charge >= 0.3 is 0 Å². The molecule has 1 N–H and O–H groups in total. The molecule has 2 rings (SSSR count). The number of anilines is 1. The lowest BCUT2D eigenvalue weighted by atomic mass is 10.1. The second-order valence-electron chi connectivity index (χ2n) is 4.28. The molecule has 0 radical (unpaired) electrons. The number of nitrogens with zero attached hydrogens (tertiary/aromatic N) is 3. The molecule has 1 aromatic heterocycles. The molecule has 1 aromatic carbocycles. The molecular weight excluding hydrogens is 243 g/mol. The SMILES string of the molecule is CCc1nn(C)cc1NCc1cc(F)ccc1C#N. The van der Waals surface area contributed by atoms with Crippen LogP contribution in [0.25, 0.3) is 0 Å². The Morgan fingerprint density at radius 3 is 2.95 bits per heavy atom. The molecule has 0 aliphatic rings. The first-order valence-electron chi connectivity index (χ1n) is 6.09. The highest BCUT2D eigenvalue weighted by Gasteiger charge is 2.08. The Labute approximate surface area is 111 Å². The van der Waals surface area contributed by atoms with E-state index in [0.717, 1.165) is 17.8 Å². The van der Waals surface area contributed by atoms with Crippen LogP contribution in [0.2, 0.25) is 0 Å². The number of hydrogen-bond donors (Lipinski definition) is 1. The van der Waals surface area contributed by atoms with Gasteiger partial charge in [0.25, 0.3) is 0 Å². The second kappa shape index (κ2) is 5.53. The molecule has 0 fully saturated rings. The Morgan fingerprint density at radius 2 is 2.26 bits per heavy atom. The summed E-state index contributed by atoms with van der Waals surface area (Å²) in [4.78, 5) is 0. The number of nitrogens with one attached hydrogen (secondary N) is 1. The van der Waals surface area contributed by atoms with Gasteiger partial charge in [0.05, 0.1) is 23.0 Å². The molecule has 0 aliphatic carbocycles. The minimum Gasteiger partial charge on any atom is -0.378 e. The van der Waals surface area contributed by atoms with E-state index in [0.29, 0.717) is 17.7 Å². The summed E-state index contributed by atoms with van der Waals surface area (Å²) in [6.45, 7) is 2.43. The van der Waals surface area contributed by atoms with E-state index in [9.17, 15) is 4.39 Å². The molecule has 0 saturated carbocycles. The Balaban J connectivity index is 2.18. The van der Waals surface area contributed by atoms with Gasteiger partial charge in [0.2, 0.25) is 0 Å². The fourth-order valence-corrected chi connectivity index (χ4v) is 1.95. The van der Waals surface area contributed by atoms with E-state index in [1.54, 1.807) is 4.68 Å². The van der Waals surface area contributed by atoms with E-state index in [1.807, 2.05) is 20.2 Å². The molecule has 19 heavy (non-hydrogen) atoms. The number of aromatic nitrogens is 2. The molecule has 0 saturated heterocycles. The van der Waals surface area contributed by atoms with Crippen molar-refractivity contribution < 1.29 is 4.39 Å². The largest absolute Gasteiger partial charge is 0.378 e. The summed E-state index contributed by atoms with van der Waals surface area (Å²) in [5.74, 6) is -0.335. The van der Waals surface area contributed by atoms with Crippen molar-refractivity contribution in [1.29, 1.82) is 5.26 Å². The van der Waals surface area contributed by atoms with Gasteiger partial charge in [-0.1, -0.05) is 6.92 Å². The predicted octanol–water partition coefficient (Wildman–Crippen LogP) is 2.61. The first-order valence-corrected chi connectivity index (χ1v) is 6.09. The van der Waals surface area contributed by atoms with Gasteiger partial charge in [-0.05, 0) is 30.2 Å². The summed E-state index contributed by atoms with van der Waals surface area (Å²) in [5, 5.41) is 16.5. The van der Waals surface area contributed by atoms with Crippen molar-refractivity contribution >= 4 is 5.69 Å². The van der Waals surface area contributed by atoms with Gasteiger partial charge in [-0.15, -0.1) is 0 Å². The van der Waals surface area contributed by atoms with Gasteiger partial charge in [0, 0.05) is 19.8 Å². The molecule has 0 bridgehead atoms. The minimum absolute atomic E-state index is 0.335. The predicted molar refractivity (Wildman–Crippen MR) is 71.0 cm³/mol. The van der Waals surface area contributed by atoms with Crippen molar-refractivity contribution in [2.24, 2.45) is 7.05 Å². The standard InChI is InChI=1S/C14H15FN4/c1-3-13-14(9-19(2)18-13)17-8-11-6-12(15)5-4-10(11)7-16/h4-6,9,17H,3,8H2,1-2H3. The lowest BCUT2D eigenvalue weighted by Gasteiger charge is -2.07. The third kappa shape index (κ3) is 2.91. The molecule has 5 heteroatoms. The Bertz CT molecular complexity index is 625. The number of nitriles is 1. The minimum atomic E-state index is -0.335. The van der Waals surface area contributed by atoms with Crippen molar-refractivity contribution in [1.82, 2.24) is 9.78 Å². The zero-order chi connectivity index (χ0) is 13.8. The lowest BCUT2D eigenvalue weighted by Crippen LogP contribution is -2.03. The van der Waals surface area contributed by atoms with E-state index < -0.39 is 0 Å². The molecule has 0 aliphatic heterocycles. The monoisotopic (exact) mass is 258 g/mol. The number of aryl methyl sites for hydroxylation is 2. The number of hydrogen-bond acceptors (Lipinski definition) is 3. The van der Waals surface area contributed by atoms with Crippen molar-refractivity contribution in [2.45, 2.75) is 19.9 Å². The van der Waals surface area contributed by atoms with Crippen molar-refractivity contribution in [3.8, 4) is 6.07 Å². The summed E-state index contributed by atoms with van der Waals surface area (Å²) in [6.07, 6.45) is 2.70. The number of benzene rings is 1. The molecule has 0 unspecified atom stereocenters. The van der Waals surface area contributed by atoms with Gasteiger partial charge in [0.15, 0.2) is 0 Å². The van der Waals surface area contributed by atoms with Gasteiger partial charge < -0.3 is 5.32 Å². The third-order valence-corrected chi connectivity index (χ3v) is 2.90. The average molecular weight is 258 g/mol. The fourth-order valence-electron chi connectivity index (χ4n) is 1.95. The average Bonchev–Trinajstić information content (AvgIpc) is 2.77. The molecule has 0 atom stereocenters. The maximum Gasteiger partial charge on any atom is 0.123 e. The highest BCUT2D eigenvalue weighted by atomic mass is 19.1.